The normalized spacial score (nSPS) is 12.8. The van der Waals surface area contributed by atoms with Crippen LogP contribution in [0.4, 0.5) is 0 Å². The number of nitrogens with one attached hydrogen (secondary N) is 1. The summed E-state index contributed by atoms with van der Waals surface area (Å²) in [5.74, 6) is 0. The van der Waals surface area contributed by atoms with Crippen LogP contribution < -0.4 is 10.1 Å². The largest absolute Gasteiger partial charge is 0.460 e. The minimum Gasteiger partial charge on any atom is -0.460 e. The summed E-state index contributed by atoms with van der Waals surface area (Å²) in [6, 6.07) is 0.940. The van der Waals surface area contributed by atoms with E-state index in [0.29, 0.717) is 12.1 Å². The summed E-state index contributed by atoms with van der Waals surface area (Å²) in [6.07, 6.45) is 2.96. The van der Waals surface area contributed by atoms with E-state index in [0.717, 1.165) is 24.2 Å². The van der Waals surface area contributed by atoms with Gasteiger partial charge in [-0.1, -0.05) is 20.8 Å². The first-order valence-corrected chi connectivity index (χ1v) is 6.25. The Hall–Kier alpha value is -1.16. The van der Waals surface area contributed by atoms with Crippen LogP contribution in [0, 0.1) is 6.92 Å². The minimum atomic E-state index is 0.161. The lowest BCUT2D eigenvalue weighted by molar-refractivity contribution is 0.198. The predicted molar refractivity (Wildman–Crippen MR) is 69.1 cm³/mol. The molecule has 0 aliphatic rings. The predicted octanol–water partition coefficient (Wildman–Crippen LogP) is 2.46. The first-order chi connectivity index (χ1) is 8.02. The average Bonchev–Trinajstić information content (AvgIpc) is 2.27. The SMILES string of the molecule is CCC(C)Oc1ncc(CNC(C)C)c(C)n1. The van der Waals surface area contributed by atoms with Gasteiger partial charge in [0.05, 0.1) is 6.10 Å². The van der Waals surface area contributed by atoms with Gasteiger partial charge in [0.2, 0.25) is 0 Å². The molecule has 1 unspecified atom stereocenters. The van der Waals surface area contributed by atoms with Crippen molar-refractivity contribution in [3.63, 3.8) is 0 Å². The van der Waals surface area contributed by atoms with Crippen LogP contribution in [0.1, 0.15) is 45.4 Å². The van der Waals surface area contributed by atoms with Gasteiger partial charge in [0.1, 0.15) is 0 Å². The molecule has 0 aromatic carbocycles. The molecule has 1 aromatic rings. The zero-order valence-electron chi connectivity index (χ0n) is 11.4. The minimum absolute atomic E-state index is 0.161. The van der Waals surface area contributed by atoms with E-state index in [4.69, 9.17) is 4.74 Å². The fourth-order valence-electron chi connectivity index (χ4n) is 1.28. The Labute approximate surface area is 104 Å². The van der Waals surface area contributed by atoms with Gasteiger partial charge in [0, 0.05) is 30.0 Å². The fourth-order valence-corrected chi connectivity index (χ4v) is 1.28. The topological polar surface area (TPSA) is 47.0 Å². The second kappa shape index (κ2) is 6.55. The summed E-state index contributed by atoms with van der Waals surface area (Å²) in [5.41, 5.74) is 2.10. The van der Waals surface area contributed by atoms with E-state index in [1.807, 2.05) is 20.0 Å². The Bertz CT molecular complexity index is 353. The van der Waals surface area contributed by atoms with E-state index in [1.165, 1.54) is 0 Å². The molecule has 96 valence electrons. The molecule has 0 radical (unpaired) electrons. The molecule has 0 bridgehead atoms. The molecule has 1 aromatic heterocycles. The third kappa shape index (κ3) is 4.69. The summed E-state index contributed by atoms with van der Waals surface area (Å²) in [4.78, 5) is 8.60. The van der Waals surface area contributed by atoms with Crippen molar-refractivity contribution in [1.82, 2.24) is 15.3 Å². The van der Waals surface area contributed by atoms with Gasteiger partial charge in [0.15, 0.2) is 0 Å². The second-order valence-corrected chi connectivity index (χ2v) is 4.64. The zero-order valence-corrected chi connectivity index (χ0v) is 11.4. The van der Waals surface area contributed by atoms with Gasteiger partial charge in [-0.25, -0.2) is 9.97 Å². The molecular weight excluding hydrogens is 214 g/mol. The van der Waals surface area contributed by atoms with Gasteiger partial charge in [-0.15, -0.1) is 0 Å². The Morgan fingerprint density at radius 2 is 2.06 bits per heavy atom. The van der Waals surface area contributed by atoms with Crippen LogP contribution >= 0.6 is 0 Å². The highest BCUT2D eigenvalue weighted by molar-refractivity contribution is 5.17. The van der Waals surface area contributed by atoms with Crippen molar-refractivity contribution < 1.29 is 4.74 Å². The molecule has 0 saturated heterocycles. The highest BCUT2D eigenvalue weighted by atomic mass is 16.5. The third-order valence-corrected chi connectivity index (χ3v) is 2.64. The maximum atomic E-state index is 5.58. The Morgan fingerprint density at radius 1 is 1.35 bits per heavy atom. The molecule has 17 heavy (non-hydrogen) atoms. The molecule has 4 nitrogen and oxygen atoms in total. The Morgan fingerprint density at radius 3 is 2.59 bits per heavy atom. The van der Waals surface area contributed by atoms with Crippen LogP contribution in [0.2, 0.25) is 0 Å². The van der Waals surface area contributed by atoms with Crippen LogP contribution in [0.15, 0.2) is 6.20 Å². The lowest BCUT2D eigenvalue weighted by Crippen LogP contribution is -2.22. The number of aryl methyl sites for hydroxylation is 1. The first kappa shape index (κ1) is 13.9. The molecule has 1 heterocycles. The lowest BCUT2D eigenvalue weighted by Gasteiger charge is -2.13. The monoisotopic (exact) mass is 237 g/mol. The van der Waals surface area contributed by atoms with Crippen molar-refractivity contribution in [2.24, 2.45) is 0 Å². The molecule has 0 saturated carbocycles. The average molecular weight is 237 g/mol. The number of nitrogens with zero attached hydrogens (tertiary/aromatic N) is 2. The number of aromatic nitrogens is 2. The van der Waals surface area contributed by atoms with Crippen LogP contribution in [0.5, 0.6) is 6.01 Å². The number of ether oxygens (including phenoxy) is 1. The highest BCUT2D eigenvalue weighted by Gasteiger charge is 2.07. The van der Waals surface area contributed by atoms with E-state index >= 15 is 0 Å². The summed E-state index contributed by atoms with van der Waals surface area (Å²) >= 11 is 0. The maximum Gasteiger partial charge on any atom is 0.316 e. The molecular formula is C13H23N3O. The smallest absolute Gasteiger partial charge is 0.316 e. The van der Waals surface area contributed by atoms with E-state index in [-0.39, 0.29) is 6.10 Å². The van der Waals surface area contributed by atoms with Gasteiger partial charge in [0.25, 0.3) is 0 Å². The molecule has 1 N–H and O–H groups in total. The summed E-state index contributed by atoms with van der Waals surface area (Å²) in [6.45, 7) is 11.1. The Kier molecular flexibility index (Phi) is 5.35. The van der Waals surface area contributed by atoms with Gasteiger partial charge in [-0.3, -0.25) is 0 Å². The van der Waals surface area contributed by atoms with Crippen LogP contribution in [0.25, 0.3) is 0 Å². The van der Waals surface area contributed by atoms with Crippen LogP contribution in [-0.2, 0) is 6.54 Å². The van der Waals surface area contributed by atoms with Crippen molar-refractivity contribution in [1.29, 1.82) is 0 Å². The van der Waals surface area contributed by atoms with Crippen LogP contribution in [0.3, 0.4) is 0 Å². The standard InChI is InChI=1S/C13H23N3O/c1-6-10(4)17-13-15-8-12(11(5)16-13)7-14-9(2)3/h8-10,14H,6-7H2,1-5H3. The number of hydrogen-bond donors (Lipinski definition) is 1. The Balaban J connectivity index is 2.65. The molecule has 4 heteroatoms. The third-order valence-electron chi connectivity index (χ3n) is 2.64. The van der Waals surface area contributed by atoms with E-state index in [1.54, 1.807) is 0 Å². The van der Waals surface area contributed by atoms with E-state index in [9.17, 15) is 0 Å². The van der Waals surface area contributed by atoms with Gasteiger partial charge >= 0.3 is 6.01 Å². The molecule has 0 aliphatic heterocycles. The van der Waals surface area contributed by atoms with Gasteiger partial charge in [-0.2, -0.15) is 0 Å². The van der Waals surface area contributed by atoms with Gasteiger partial charge in [-0.05, 0) is 20.3 Å². The fraction of sp³-hybridized carbons (Fsp3) is 0.692. The molecule has 0 fully saturated rings. The summed E-state index contributed by atoms with van der Waals surface area (Å²) < 4.78 is 5.58. The van der Waals surface area contributed by atoms with E-state index < -0.39 is 0 Å². The molecule has 0 spiro atoms. The summed E-state index contributed by atoms with van der Waals surface area (Å²) in [5, 5.41) is 3.35. The first-order valence-electron chi connectivity index (χ1n) is 6.25. The van der Waals surface area contributed by atoms with E-state index in [2.05, 4.69) is 36.1 Å². The van der Waals surface area contributed by atoms with Gasteiger partial charge < -0.3 is 10.1 Å². The zero-order chi connectivity index (χ0) is 12.8. The van der Waals surface area contributed by atoms with Crippen molar-refractivity contribution >= 4 is 0 Å². The number of rotatable bonds is 6. The van der Waals surface area contributed by atoms with Crippen molar-refractivity contribution in [3.8, 4) is 6.01 Å². The van der Waals surface area contributed by atoms with Crippen molar-refractivity contribution in [2.45, 2.75) is 59.7 Å². The maximum absolute atomic E-state index is 5.58. The van der Waals surface area contributed by atoms with Crippen LogP contribution in [-0.4, -0.2) is 22.1 Å². The van der Waals surface area contributed by atoms with Crippen molar-refractivity contribution in [2.75, 3.05) is 0 Å². The molecule has 0 aliphatic carbocycles. The molecule has 0 amide bonds. The van der Waals surface area contributed by atoms with Crippen molar-refractivity contribution in [3.05, 3.63) is 17.5 Å². The summed E-state index contributed by atoms with van der Waals surface area (Å²) in [7, 11) is 0. The second-order valence-electron chi connectivity index (χ2n) is 4.64. The molecule has 1 rings (SSSR count). The quantitative estimate of drug-likeness (QED) is 0.825. The molecule has 1 atom stereocenters. The lowest BCUT2D eigenvalue weighted by atomic mass is 10.2. The number of hydrogen-bond acceptors (Lipinski definition) is 4. The highest BCUT2D eigenvalue weighted by Crippen LogP contribution is 2.11.